The molecule has 0 spiro atoms. The summed E-state index contributed by atoms with van der Waals surface area (Å²) in [4.78, 5) is 9.64. The topological polar surface area (TPSA) is 89.3 Å². The van der Waals surface area contributed by atoms with Crippen LogP contribution in [-0.2, 0) is 5.54 Å². The Kier molecular flexibility index (Phi) is 4.15. The van der Waals surface area contributed by atoms with Crippen LogP contribution >= 0.6 is 0 Å². The van der Waals surface area contributed by atoms with Crippen molar-refractivity contribution in [3.8, 4) is 22.4 Å². The molecule has 1 aliphatic carbocycles. The summed E-state index contributed by atoms with van der Waals surface area (Å²) in [5.41, 5.74) is 13.6. The number of nitrogens with zero attached hydrogens (tertiary/aromatic N) is 4. The smallest absolute Gasteiger partial charge is 0.165 e. The highest BCUT2D eigenvalue weighted by molar-refractivity contribution is 5.90. The molecule has 1 aliphatic rings. The van der Waals surface area contributed by atoms with Crippen LogP contribution in [0.5, 0.6) is 0 Å². The highest BCUT2D eigenvalue weighted by Crippen LogP contribution is 2.40. The first-order valence-corrected chi connectivity index (χ1v) is 10.8. The fraction of sp³-hybridized carbons (Fsp3) is 0.192. The molecule has 2 aromatic carbocycles. The number of aromatic nitrogens is 4. The van der Waals surface area contributed by atoms with Crippen LogP contribution in [0.25, 0.3) is 39.1 Å². The number of nitrogens with two attached hydrogens (primary N) is 1. The SMILES string of the molecule is Cc1cc2ncc3cc(-c4ccccc4)c(-c4ccc([C@]5(N)C[C@@H](O)C5)cc4)nc3n2n1. The van der Waals surface area contributed by atoms with Gasteiger partial charge in [0, 0.05) is 34.3 Å². The fourth-order valence-electron chi connectivity index (χ4n) is 4.69. The molecule has 1 saturated carbocycles. The summed E-state index contributed by atoms with van der Waals surface area (Å²) in [6.07, 6.45) is 2.75. The van der Waals surface area contributed by atoms with Gasteiger partial charge < -0.3 is 10.8 Å². The lowest BCUT2D eigenvalue weighted by atomic mass is 9.70. The lowest BCUT2D eigenvalue weighted by molar-refractivity contribution is 0.0209. The van der Waals surface area contributed by atoms with E-state index in [1.54, 1.807) is 0 Å². The molecule has 158 valence electrons. The van der Waals surface area contributed by atoms with Gasteiger partial charge in [-0.15, -0.1) is 0 Å². The summed E-state index contributed by atoms with van der Waals surface area (Å²) in [6, 6.07) is 22.6. The first-order valence-electron chi connectivity index (χ1n) is 10.8. The number of rotatable bonds is 3. The van der Waals surface area contributed by atoms with Gasteiger partial charge in [-0.05, 0) is 37.0 Å². The molecule has 0 radical (unpaired) electrons. The first kappa shape index (κ1) is 19.1. The van der Waals surface area contributed by atoms with E-state index in [9.17, 15) is 5.11 Å². The second-order valence-corrected chi connectivity index (χ2v) is 8.77. The van der Waals surface area contributed by atoms with Crippen LogP contribution in [0.15, 0.2) is 72.9 Å². The molecule has 6 heteroatoms. The highest BCUT2D eigenvalue weighted by atomic mass is 16.3. The predicted molar refractivity (Wildman–Crippen MR) is 125 cm³/mol. The van der Waals surface area contributed by atoms with E-state index >= 15 is 0 Å². The number of hydrogen-bond donors (Lipinski definition) is 2. The molecular weight excluding hydrogens is 398 g/mol. The second-order valence-electron chi connectivity index (χ2n) is 8.77. The van der Waals surface area contributed by atoms with Crippen LogP contribution in [-0.4, -0.2) is 30.8 Å². The maximum Gasteiger partial charge on any atom is 0.165 e. The Hall–Kier alpha value is -3.61. The third kappa shape index (κ3) is 2.99. The van der Waals surface area contributed by atoms with Crippen molar-refractivity contribution < 1.29 is 5.11 Å². The Bertz CT molecular complexity index is 1450. The summed E-state index contributed by atoms with van der Waals surface area (Å²) < 4.78 is 1.81. The lowest BCUT2D eigenvalue weighted by Gasteiger charge is -2.42. The van der Waals surface area contributed by atoms with Crippen molar-refractivity contribution in [3.05, 3.63) is 84.2 Å². The molecule has 0 amide bonds. The zero-order chi connectivity index (χ0) is 21.9. The van der Waals surface area contributed by atoms with Crippen molar-refractivity contribution in [3.63, 3.8) is 0 Å². The van der Waals surface area contributed by atoms with Gasteiger partial charge in [0.1, 0.15) is 0 Å². The highest BCUT2D eigenvalue weighted by Gasteiger charge is 2.41. The number of fused-ring (bicyclic) bond motifs is 3. The summed E-state index contributed by atoms with van der Waals surface area (Å²) in [5.74, 6) is 0. The molecule has 0 unspecified atom stereocenters. The van der Waals surface area contributed by atoms with Crippen LogP contribution in [0, 0.1) is 6.92 Å². The van der Waals surface area contributed by atoms with E-state index in [-0.39, 0.29) is 6.10 Å². The van der Waals surface area contributed by atoms with Crippen LogP contribution < -0.4 is 5.73 Å². The minimum Gasteiger partial charge on any atom is -0.393 e. The van der Waals surface area contributed by atoms with Gasteiger partial charge in [0.2, 0.25) is 0 Å². The van der Waals surface area contributed by atoms with E-state index in [0.29, 0.717) is 12.8 Å². The van der Waals surface area contributed by atoms with Gasteiger partial charge in [0.05, 0.1) is 17.5 Å². The quantitative estimate of drug-likeness (QED) is 0.455. The van der Waals surface area contributed by atoms with Crippen molar-refractivity contribution in [1.29, 1.82) is 0 Å². The maximum absolute atomic E-state index is 9.73. The fourth-order valence-corrected chi connectivity index (χ4v) is 4.69. The van der Waals surface area contributed by atoms with Gasteiger partial charge >= 0.3 is 0 Å². The van der Waals surface area contributed by atoms with Crippen molar-refractivity contribution in [1.82, 2.24) is 19.6 Å². The normalized spacial score (nSPS) is 20.5. The van der Waals surface area contributed by atoms with Crippen molar-refractivity contribution >= 4 is 16.7 Å². The number of aryl methyl sites for hydroxylation is 1. The van der Waals surface area contributed by atoms with E-state index in [4.69, 9.17) is 10.7 Å². The van der Waals surface area contributed by atoms with Gasteiger partial charge in [0.15, 0.2) is 11.3 Å². The molecule has 1 fully saturated rings. The van der Waals surface area contributed by atoms with Crippen LogP contribution in [0.3, 0.4) is 0 Å². The summed E-state index contributed by atoms with van der Waals surface area (Å²) in [6.45, 7) is 1.96. The van der Waals surface area contributed by atoms with Crippen molar-refractivity contribution in [2.45, 2.75) is 31.4 Å². The van der Waals surface area contributed by atoms with Gasteiger partial charge in [-0.3, -0.25) is 0 Å². The molecule has 3 heterocycles. The zero-order valence-corrected chi connectivity index (χ0v) is 17.7. The van der Waals surface area contributed by atoms with Crippen LogP contribution in [0.4, 0.5) is 0 Å². The number of aliphatic hydroxyl groups excluding tert-OH is 1. The Balaban J connectivity index is 1.56. The number of benzene rings is 2. The first-order chi connectivity index (χ1) is 15.5. The molecular formula is C26H23N5O. The molecule has 32 heavy (non-hydrogen) atoms. The summed E-state index contributed by atoms with van der Waals surface area (Å²) in [7, 11) is 0. The molecule has 6 nitrogen and oxygen atoms in total. The molecule has 3 N–H and O–H groups in total. The van der Waals surface area contributed by atoms with Crippen LogP contribution in [0.2, 0.25) is 0 Å². The van der Waals surface area contributed by atoms with Gasteiger partial charge in [0.25, 0.3) is 0 Å². The van der Waals surface area contributed by atoms with E-state index in [0.717, 1.165) is 50.3 Å². The van der Waals surface area contributed by atoms with E-state index in [1.807, 2.05) is 41.9 Å². The van der Waals surface area contributed by atoms with E-state index in [1.165, 1.54) is 0 Å². The van der Waals surface area contributed by atoms with Crippen LogP contribution in [0.1, 0.15) is 24.1 Å². The third-order valence-corrected chi connectivity index (χ3v) is 6.40. The van der Waals surface area contributed by atoms with Crippen molar-refractivity contribution in [2.24, 2.45) is 5.73 Å². The average molecular weight is 422 g/mol. The minimum absolute atomic E-state index is 0.306. The molecule has 5 aromatic rings. The Morgan fingerprint density at radius 1 is 1.00 bits per heavy atom. The Morgan fingerprint density at radius 2 is 1.75 bits per heavy atom. The molecule has 6 rings (SSSR count). The number of hydrogen-bond acceptors (Lipinski definition) is 5. The summed E-state index contributed by atoms with van der Waals surface area (Å²) in [5, 5.41) is 15.3. The lowest BCUT2D eigenvalue weighted by Crippen LogP contribution is -2.51. The van der Waals surface area contributed by atoms with E-state index < -0.39 is 5.54 Å². The predicted octanol–water partition coefficient (Wildman–Crippen LogP) is 4.23. The summed E-state index contributed by atoms with van der Waals surface area (Å²) >= 11 is 0. The molecule has 0 saturated heterocycles. The van der Waals surface area contributed by atoms with Crippen molar-refractivity contribution in [2.75, 3.05) is 0 Å². The van der Waals surface area contributed by atoms with Gasteiger partial charge in [-0.25, -0.2) is 9.97 Å². The molecule has 0 atom stereocenters. The Morgan fingerprint density at radius 3 is 2.47 bits per heavy atom. The van der Waals surface area contributed by atoms with Gasteiger partial charge in [-0.1, -0.05) is 54.6 Å². The van der Waals surface area contributed by atoms with E-state index in [2.05, 4.69) is 52.5 Å². The largest absolute Gasteiger partial charge is 0.393 e. The number of aliphatic hydroxyl groups is 1. The number of pyridine rings is 1. The maximum atomic E-state index is 9.73. The average Bonchev–Trinajstić information content (AvgIpc) is 3.19. The van der Waals surface area contributed by atoms with Gasteiger partial charge in [-0.2, -0.15) is 9.61 Å². The molecule has 0 aliphatic heterocycles. The Labute approximate surface area is 185 Å². The molecule has 3 aromatic heterocycles. The zero-order valence-electron chi connectivity index (χ0n) is 17.7. The minimum atomic E-state index is -0.443. The monoisotopic (exact) mass is 421 g/mol. The second kappa shape index (κ2) is 6.95. The standard InChI is InChI=1S/C26H23N5O/c1-16-11-23-28-15-19-12-22(17-5-3-2-4-6-17)24(29-25(19)31(23)30-16)18-7-9-20(10-8-18)26(27)13-21(32)14-26/h2-12,15,21,32H,13-14,27H2,1H3/t21-,26+. The third-order valence-electron chi connectivity index (χ3n) is 6.40. The molecule has 0 bridgehead atoms.